The van der Waals surface area contributed by atoms with Gasteiger partial charge in [-0.05, 0) is 26.7 Å². The fourth-order valence-corrected chi connectivity index (χ4v) is 4.86. The average molecular weight is 497 g/mol. The molecule has 0 N–H and O–H groups in total. The smallest absolute Gasteiger partial charge is 0.432 e. The van der Waals surface area contributed by atoms with Gasteiger partial charge in [0.25, 0.3) is 0 Å². The van der Waals surface area contributed by atoms with E-state index in [-0.39, 0.29) is 36.1 Å². The molecule has 2 atom stereocenters. The van der Waals surface area contributed by atoms with Gasteiger partial charge in [-0.1, -0.05) is 25.6 Å². The van der Waals surface area contributed by atoms with E-state index in [9.17, 15) is 23.7 Å². The van der Waals surface area contributed by atoms with Crippen LogP contribution in [0.1, 0.15) is 66.7 Å². The Labute approximate surface area is 193 Å². The summed E-state index contributed by atoms with van der Waals surface area (Å²) >= 11 is 1.18. The monoisotopic (exact) mass is 496 g/mol. The molecule has 184 valence electrons. The number of ketones is 2. The fraction of sp³-hybridized carbons (Fsp3) is 0.800. The van der Waals surface area contributed by atoms with Gasteiger partial charge >= 0.3 is 14.0 Å². The molecular formula is C20H33O10PS. The maximum atomic E-state index is 12.7. The molecule has 1 fully saturated rings. The molecule has 1 saturated heterocycles. The molecule has 0 radical (unpaired) electrons. The Morgan fingerprint density at radius 3 is 2.41 bits per heavy atom. The van der Waals surface area contributed by atoms with Crippen molar-refractivity contribution in [3.05, 3.63) is 0 Å². The zero-order valence-electron chi connectivity index (χ0n) is 19.2. The van der Waals surface area contributed by atoms with Crippen molar-refractivity contribution >= 4 is 42.4 Å². The van der Waals surface area contributed by atoms with Gasteiger partial charge in [0.05, 0.1) is 12.7 Å². The van der Waals surface area contributed by atoms with Crippen molar-refractivity contribution in [1.29, 1.82) is 0 Å². The lowest BCUT2D eigenvalue weighted by Gasteiger charge is -2.39. The first kappa shape index (κ1) is 28.8. The van der Waals surface area contributed by atoms with Gasteiger partial charge in [-0.15, -0.1) is 0 Å². The van der Waals surface area contributed by atoms with E-state index in [2.05, 4.69) is 4.74 Å². The highest BCUT2D eigenvalue weighted by molar-refractivity contribution is 8.13. The molecule has 1 aliphatic heterocycles. The zero-order chi connectivity index (χ0) is 24.4. The summed E-state index contributed by atoms with van der Waals surface area (Å²) in [5.41, 5.74) is -0.764. The highest BCUT2D eigenvalue weighted by atomic mass is 32.2. The first-order valence-electron chi connectivity index (χ1n) is 10.4. The minimum absolute atomic E-state index is 0.0189. The predicted molar refractivity (Wildman–Crippen MR) is 117 cm³/mol. The van der Waals surface area contributed by atoms with Crippen LogP contribution in [0.3, 0.4) is 0 Å². The molecule has 32 heavy (non-hydrogen) atoms. The molecule has 0 saturated carbocycles. The van der Waals surface area contributed by atoms with Crippen LogP contribution >= 0.6 is 19.6 Å². The molecular weight excluding hydrogens is 463 g/mol. The van der Waals surface area contributed by atoms with E-state index in [1.54, 1.807) is 27.7 Å². The zero-order valence-corrected chi connectivity index (χ0v) is 21.0. The molecule has 10 nitrogen and oxygen atoms in total. The summed E-state index contributed by atoms with van der Waals surface area (Å²) in [6.07, 6.45) is -0.845. The molecule has 1 aliphatic rings. The van der Waals surface area contributed by atoms with Crippen LogP contribution in [-0.2, 0) is 42.0 Å². The van der Waals surface area contributed by atoms with E-state index in [0.717, 1.165) is 0 Å². The quantitative estimate of drug-likeness (QED) is 0.155. The van der Waals surface area contributed by atoms with Crippen LogP contribution in [0, 0.1) is 5.41 Å². The summed E-state index contributed by atoms with van der Waals surface area (Å²) in [7, 11) is -4.12. The van der Waals surface area contributed by atoms with Crippen LogP contribution in [0.2, 0.25) is 0 Å². The first-order chi connectivity index (χ1) is 14.8. The number of rotatable bonds is 13. The van der Waals surface area contributed by atoms with Gasteiger partial charge in [0.15, 0.2) is 10.9 Å². The third-order valence-electron chi connectivity index (χ3n) is 4.33. The number of carbonyl (C=O) groups excluding carboxylic acids is 4. The highest BCUT2D eigenvalue weighted by Crippen LogP contribution is 2.57. The van der Waals surface area contributed by atoms with E-state index in [4.69, 9.17) is 18.3 Å². The van der Waals surface area contributed by atoms with Crippen LogP contribution in [0.15, 0.2) is 0 Å². The van der Waals surface area contributed by atoms with Crippen molar-refractivity contribution in [1.82, 2.24) is 0 Å². The van der Waals surface area contributed by atoms with Gasteiger partial charge in [0.2, 0.25) is 6.79 Å². The Bertz CT molecular complexity index is 721. The minimum atomic E-state index is -4.12. The average Bonchev–Trinajstić information content (AvgIpc) is 2.66. The van der Waals surface area contributed by atoms with Gasteiger partial charge in [-0.3, -0.25) is 23.4 Å². The SMILES string of the molecule is CC(=O)SCCCC(=O)CCCC(=O)[C@@H]1O[P@](=O)(OCOC(=O)OC(C)C)OCC1(C)C. The Kier molecular flexibility index (Phi) is 12.1. The fourth-order valence-electron chi connectivity index (χ4n) is 2.75. The number of hydrogen-bond acceptors (Lipinski definition) is 11. The number of Topliss-reactive ketones (excluding diaryl/α,β-unsaturated/α-hetero) is 2. The lowest BCUT2D eigenvalue weighted by Crippen LogP contribution is -2.44. The molecule has 0 aliphatic carbocycles. The van der Waals surface area contributed by atoms with E-state index < -0.39 is 38.4 Å². The van der Waals surface area contributed by atoms with Crippen molar-refractivity contribution in [2.75, 3.05) is 19.2 Å². The van der Waals surface area contributed by atoms with E-state index >= 15 is 0 Å². The maximum Gasteiger partial charge on any atom is 0.510 e. The second kappa shape index (κ2) is 13.4. The van der Waals surface area contributed by atoms with Gasteiger partial charge in [-0.2, -0.15) is 0 Å². The van der Waals surface area contributed by atoms with Crippen LogP contribution in [-0.4, -0.2) is 54.2 Å². The number of carbonyl (C=O) groups is 4. The summed E-state index contributed by atoms with van der Waals surface area (Å²) in [5.74, 6) is 0.300. The Hall–Kier alpha value is -1.26. The van der Waals surface area contributed by atoms with Crippen molar-refractivity contribution < 1.29 is 46.8 Å². The number of hydrogen-bond donors (Lipinski definition) is 0. The van der Waals surface area contributed by atoms with Crippen LogP contribution in [0.25, 0.3) is 0 Å². The molecule has 0 aromatic carbocycles. The summed E-state index contributed by atoms with van der Waals surface area (Å²) in [4.78, 5) is 46.9. The number of thioether (sulfide) groups is 1. The van der Waals surface area contributed by atoms with Crippen LogP contribution in [0.4, 0.5) is 4.79 Å². The maximum absolute atomic E-state index is 12.7. The van der Waals surface area contributed by atoms with E-state index in [0.29, 0.717) is 25.0 Å². The summed E-state index contributed by atoms with van der Waals surface area (Å²) in [5, 5.41) is 0.0189. The van der Waals surface area contributed by atoms with E-state index in [1.165, 1.54) is 18.7 Å². The van der Waals surface area contributed by atoms with Gasteiger partial charge in [0.1, 0.15) is 11.9 Å². The van der Waals surface area contributed by atoms with Crippen LogP contribution < -0.4 is 0 Å². The lowest BCUT2D eigenvalue weighted by atomic mass is 9.84. The molecule has 0 bridgehead atoms. The number of phosphoric acid groups is 1. The molecule has 12 heteroatoms. The first-order valence-corrected chi connectivity index (χ1v) is 12.9. The standard InChI is InChI=1S/C20H33O10PS/c1-14(2)29-19(24)26-13-28-31(25)27-12-20(4,5)18(30-31)17(23)10-6-8-16(22)9-7-11-32-15(3)21/h14,18H,6-13H2,1-5H3/t18-,31-/m0/s1. The predicted octanol–water partition coefficient (Wildman–Crippen LogP) is 4.44. The van der Waals surface area contributed by atoms with Crippen molar-refractivity contribution in [2.45, 2.75) is 78.9 Å². The van der Waals surface area contributed by atoms with Crippen LogP contribution in [0.5, 0.6) is 0 Å². The number of ether oxygens (including phenoxy) is 2. The van der Waals surface area contributed by atoms with Gasteiger partial charge < -0.3 is 9.47 Å². The molecule has 1 rings (SSSR count). The summed E-state index contributed by atoms with van der Waals surface area (Å²) in [6.45, 7) is 7.43. The molecule has 0 aromatic heterocycles. The molecule has 1 heterocycles. The molecule has 0 aromatic rings. The Morgan fingerprint density at radius 2 is 1.78 bits per heavy atom. The molecule has 0 unspecified atom stereocenters. The van der Waals surface area contributed by atoms with Gasteiger partial charge in [-0.25, -0.2) is 13.9 Å². The van der Waals surface area contributed by atoms with Gasteiger partial charge in [0, 0.05) is 37.4 Å². The third-order valence-corrected chi connectivity index (χ3v) is 6.57. The van der Waals surface area contributed by atoms with E-state index in [1.807, 2.05) is 0 Å². The lowest BCUT2D eigenvalue weighted by molar-refractivity contribution is -0.141. The number of phosphoric ester groups is 1. The largest absolute Gasteiger partial charge is 0.510 e. The highest BCUT2D eigenvalue weighted by Gasteiger charge is 2.48. The Morgan fingerprint density at radius 1 is 1.12 bits per heavy atom. The van der Waals surface area contributed by atoms with Crippen molar-refractivity contribution in [3.8, 4) is 0 Å². The third kappa shape index (κ3) is 11.0. The Balaban J connectivity index is 2.48. The topological polar surface area (TPSA) is 132 Å². The molecule has 0 amide bonds. The van der Waals surface area contributed by atoms with Crippen molar-refractivity contribution in [3.63, 3.8) is 0 Å². The van der Waals surface area contributed by atoms with Crippen molar-refractivity contribution in [2.24, 2.45) is 5.41 Å². The normalized spacial score (nSPS) is 22.4. The second-order valence-electron chi connectivity index (χ2n) is 8.30. The summed E-state index contributed by atoms with van der Waals surface area (Å²) in [6, 6.07) is 0. The second-order valence-corrected chi connectivity index (χ2v) is 11.2. The summed E-state index contributed by atoms with van der Waals surface area (Å²) < 4.78 is 37.6. The minimum Gasteiger partial charge on any atom is -0.432 e. The molecule has 0 spiro atoms.